The normalized spacial score (nSPS) is 28.2. The average Bonchev–Trinajstić information content (AvgIpc) is 3.23. The molecule has 1 aromatic carbocycles. The highest BCUT2D eigenvalue weighted by Gasteiger charge is 2.59. The van der Waals surface area contributed by atoms with E-state index in [4.69, 9.17) is 0 Å². The van der Waals surface area contributed by atoms with E-state index < -0.39 is 5.41 Å². The summed E-state index contributed by atoms with van der Waals surface area (Å²) < 4.78 is 0. The summed E-state index contributed by atoms with van der Waals surface area (Å²) in [5.41, 5.74) is 1.04. The maximum Gasteiger partial charge on any atom is 0.162 e. The molecule has 0 amide bonds. The minimum Gasteiger partial charge on any atom is -0.298 e. The van der Waals surface area contributed by atoms with Crippen molar-refractivity contribution in [2.45, 2.75) is 37.5 Å². The highest BCUT2D eigenvalue weighted by atomic mass is 16.1. The molecule has 0 radical (unpaired) electrons. The smallest absolute Gasteiger partial charge is 0.162 e. The number of carbonyl (C=O) groups excluding carboxylic acids is 2. The average molecular weight is 319 g/mol. The Kier molecular flexibility index (Phi) is 3.79. The molecule has 0 N–H and O–H groups in total. The van der Waals surface area contributed by atoms with E-state index in [0.29, 0.717) is 24.5 Å². The van der Waals surface area contributed by atoms with Gasteiger partial charge in [-0.1, -0.05) is 36.4 Å². The second-order valence-electron chi connectivity index (χ2n) is 7.05. The second kappa shape index (κ2) is 5.97. The van der Waals surface area contributed by atoms with Crippen molar-refractivity contribution in [3.8, 4) is 0 Å². The van der Waals surface area contributed by atoms with E-state index in [1.54, 1.807) is 6.20 Å². The topological polar surface area (TPSA) is 47.0 Å². The van der Waals surface area contributed by atoms with Gasteiger partial charge < -0.3 is 0 Å². The summed E-state index contributed by atoms with van der Waals surface area (Å²) in [6, 6.07) is 15.1. The number of pyridine rings is 1. The van der Waals surface area contributed by atoms with Crippen molar-refractivity contribution >= 4 is 11.6 Å². The maximum absolute atomic E-state index is 13.1. The molecule has 0 saturated heterocycles. The fourth-order valence-corrected chi connectivity index (χ4v) is 4.73. The van der Waals surface area contributed by atoms with E-state index in [9.17, 15) is 9.59 Å². The van der Waals surface area contributed by atoms with Gasteiger partial charge in [-0.15, -0.1) is 0 Å². The number of hydrogen-bond donors (Lipinski definition) is 0. The Morgan fingerprint density at radius 2 is 1.88 bits per heavy atom. The third-order valence-corrected chi connectivity index (χ3v) is 5.90. The number of ketones is 2. The summed E-state index contributed by atoms with van der Waals surface area (Å²) in [6.07, 6.45) is 5.79. The molecule has 3 nitrogen and oxygen atoms in total. The van der Waals surface area contributed by atoms with E-state index in [2.05, 4.69) is 4.98 Å². The van der Waals surface area contributed by atoms with Crippen LogP contribution in [0.1, 0.15) is 48.2 Å². The number of aromatic nitrogens is 1. The van der Waals surface area contributed by atoms with Crippen molar-refractivity contribution in [1.82, 2.24) is 4.98 Å². The predicted octanol–water partition coefficient (Wildman–Crippen LogP) is 3.98. The van der Waals surface area contributed by atoms with Crippen molar-refractivity contribution in [2.24, 2.45) is 11.8 Å². The molecule has 0 spiro atoms. The first kappa shape index (κ1) is 15.3. The van der Waals surface area contributed by atoms with Crippen LogP contribution >= 0.6 is 0 Å². The number of fused-ring (bicyclic) bond motifs is 2. The van der Waals surface area contributed by atoms with Crippen molar-refractivity contribution < 1.29 is 9.59 Å². The van der Waals surface area contributed by atoms with E-state index in [-0.39, 0.29) is 11.7 Å². The first-order valence-electron chi connectivity index (χ1n) is 8.76. The Morgan fingerprint density at radius 1 is 1.08 bits per heavy atom. The molecule has 1 aromatic heterocycles. The lowest BCUT2D eigenvalue weighted by molar-refractivity contribution is -0.128. The number of carbonyl (C=O) groups is 2. The minimum atomic E-state index is -0.547. The first-order valence-corrected chi connectivity index (χ1v) is 8.76. The SMILES string of the molecule is O=C(CCC1(c2ccccn2)C(=O)[C@H]2CC[C@@H]1C2)c1ccccc1. The maximum atomic E-state index is 13.1. The number of benzene rings is 1. The van der Waals surface area contributed by atoms with Gasteiger partial charge in [0.05, 0.1) is 11.1 Å². The van der Waals surface area contributed by atoms with Crippen LogP contribution in [0, 0.1) is 11.8 Å². The molecule has 122 valence electrons. The van der Waals surface area contributed by atoms with Gasteiger partial charge in [-0.25, -0.2) is 0 Å². The van der Waals surface area contributed by atoms with E-state index in [1.807, 2.05) is 48.5 Å². The predicted molar refractivity (Wildman–Crippen MR) is 91.8 cm³/mol. The summed E-state index contributed by atoms with van der Waals surface area (Å²) in [5.74, 6) is 0.942. The van der Waals surface area contributed by atoms with Crippen LogP contribution in [0.2, 0.25) is 0 Å². The lowest BCUT2D eigenvalue weighted by Gasteiger charge is -2.35. The van der Waals surface area contributed by atoms with Crippen LogP contribution in [0.3, 0.4) is 0 Å². The van der Waals surface area contributed by atoms with Crippen LogP contribution in [0.25, 0.3) is 0 Å². The highest BCUT2D eigenvalue weighted by molar-refractivity contribution is 5.98. The van der Waals surface area contributed by atoms with Gasteiger partial charge in [0.15, 0.2) is 5.78 Å². The van der Waals surface area contributed by atoms with Gasteiger partial charge in [-0.05, 0) is 43.7 Å². The lowest BCUT2D eigenvalue weighted by Crippen LogP contribution is -2.42. The van der Waals surface area contributed by atoms with Gasteiger partial charge in [0, 0.05) is 24.1 Å². The van der Waals surface area contributed by atoms with Crippen molar-refractivity contribution in [1.29, 1.82) is 0 Å². The van der Waals surface area contributed by atoms with Crippen molar-refractivity contribution in [3.63, 3.8) is 0 Å². The van der Waals surface area contributed by atoms with Gasteiger partial charge in [0.2, 0.25) is 0 Å². The molecule has 1 heterocycles. The molecule has 2 saturated carbocycles. The molecule has 1 unspecified atom stereocenters. The Labute approximate surface area is 142 Å². The largest absolute Gasteiger partial charge is 0.298 e. The minimum absolute atomic E-state index is 0.112. The zero-order valence-electron chi connectivity index (χ0n) is 13.7. The molecule has 2 aliphatic rings. The molecule has 24 heavy (non-hydrogen) atoms. The molecular formula is C21H21NO2. The van der Waals surface area contributed by atoms with Crippen LogP contribution in [-0.2, 0) is 10.2 Å². The van der Waals surface area contributed by atoms with Gasteiger partial charge in [0.1, 0.15) is 5.78 Å². The van der Waals surface area contributed by atoms with Crippen LogP contribution < -0.4 is 0 Å². The number of hydrogen-bond acceptors (Lipinski definition) is 3. The Hall–Kier alpha value is -2.29. The summed E-state index contributed by atoms with van der Waals surface area (Å²) in [5, 5.41) is 0. The number of rotatable bonds is 5. The fourth-order valence-electron chi connectivity index (χ4n) is 4.73. The first-order chi connectivity index (χ1) is 11.7. The quantitative estimate of drug-likeness (QED) is 0.783. The summed E-state index contributed by atoms with van der Waals surface area (Å²) in [6.45, 7) is 0. The zero-order chi connectivity index (χ0) is 16.6. The van der Waals surface area contributed by atoms with Gasteiger partial charge in [0.25, 0.3) is 0 Å². The number of nitrogens with zero attached hydrogens (tertiary/aromatic N) is 1. The van der Waals surface area contributed by atoms with Crippen LogP contribution in [0.5, 0.6) is 0 Å². The molecular weight excluding hydrogens is 298 g/mol. The van der Waals surface area contributed by atoms with E-state index in [1.165, 1.54) is 0 Å². The second-order valence-corrected chi connectivity index (χ2v) is 7.05. The summed E-state index contributed by atoms with van der Waals surface area (Å²) >= 11 is 0. The third-order valence-electron chi connectivity index (χ3n) is 5.90. The highest BCUT2D eigenvalue weighted by Crippen LogP contribution is 2.56. The van der Waals surface area contributed by atoms with Crippen LogP contribution in [-0.4, -0.2) is 16.6 Å². The third kappa shape index (κ3) is 2.31. The number of Topliss-reactive ketones (excluding diaryl/α,β-unsaturated/α-hetero) is 2. The lowest BCUT2D eigenvalue weighted by atomic mass is 9.66. The molecule has 2 aliphatic carbocycles. The molecule has 3 atom stereocenters. The van der Waals surface area contributed by atoms with Crippen LogP contribution in [0.4, 0.5) is 0 Å². The summed E-state index contributed by atoms with van der Waals surface area (Å²) in [4.78, 5) is 30.2. The summed E-state index contributed by atoms with van der Waals surface area (Å²) in [7, 11) is 0. The van der Waals surface area contributed by atoms with Crippen LogP contribution in [0.15, 0.2) is 54.7 Å². The molecule has 2 aromatic rings. The van der Waals surface area contributed by atoms with E-state index in [0.717, 1.165) is 30.5 Å². The fraction of sp³-hybridized carbons (Fsp3) is 0.381. The molecule has 4 rings (SSSR count). The van der Waals surface area contributed by atoms with Gasteiger partial charge in [-0.3, -0.25) is 14.6 Å². The van der Waals surface area contributed by atoms with Crippen molar-refractivity contribution in [3.05, 3.63) is 66.0 Å². The molecule has 2 bridgehead atoms. The molecule has 2 fully saturated rings. The monoisotopic (exact) mass is 319 g/mol. The molecule has 0 aliphatic heterocycles. The standard InChI is InChI=1S/C21H21NO2/c23-18(15-6-2-1-3-7-15)11-12-21(19-8-4-5-13-22-19)17-10-9-16(14-17)20(21)24/h1-8,13,16-17H,9-12,14H2/t16-,17+,21?/m0/s1. The Morgan fingerprint density at radius 3 is 2.54 bits per heavy atom. The Bertz CT molecular complexity index is 756. The molecule has 3 heteroatoms. The van der Waals surface area contributed by atoms with E-state index >= 15 is 0 Å². The van der Waals surface area contributed by atoms with Gasteiger partial charge >= 0.3 is 0 Å². The van der Waals surface area contributed by atoms with Gasteiger partial charge in [-0.2, -0.15) is 0 Å². The zero-order valence-corrected chi connectivity index (χ0v) is 13.7. The Balaban J connectivity index is 1.63. The van der Waals surface area contributed by atoms with Crippen molar-refractivity contribution in [2.75, 3.05) is 0 Å².